The van der Waals surface area contributed by atoms with Crippen molar-refractivity contribution >= 4 is 11.9 Å². The van der Waals surface area contributed by atoms with Crippen LogP contribution in [0, 0.1) is 11.3 Å². The molecule has 0 aromatic heterocycles. The van der Waals surface area contributed by atoms with Gasteiger partial charge in [-0.3, -0.25) is 9.59 Å². The number of carboxylic acids is 1. The minimum atomic E-state index is -0.943. The molecule has 0 saturated heterocycles. The van der Waals surface area contributed by atoms with Crippen molar-refractivity contribution in [2.75, 3.05) is 6.61 Å². The van der Waals surface area contributed by atoms with Crippen LogP contribution < -0.4 is 0 Å². The molecule has 0 amide bonds. The lowest BCUT2D eigenvalue weighted by Crippen LogP contribution is -2.40. The second-order valence-electron chi connectivity index (χ2n) is 5.07. The Labute approximate surface area is 110 Å². The quantitative estimate of drug-likeness (QED) is 0.509. The summed E-state index contributed by atoms with van der Waals surface area (Å²) < 4.78 is 5.21. The number of aliphatic carboxylic acids is 1. The SMILES string of the molecule is CCCCOC(=O)C(C)(CCCC)C(C)C(=O)O. The van der Waals surface area contributed by atoms with E-state index in [-0.39, 0.29) is 5.97 Å². The Bertz CT molecular complexity index is 275. The number of hydrogen-bond acceptors (Lipinski definition) is 3. The number of ether oxygens (including phenoxy) is 1. The molecule has 0 aliphatic rings. The highest BCUT2D eigenvalue weighted by atomic mass is 16.5. The van der Waals surface area contributed by atoms with Crippen molar-refractivity contribution in [1.29, 1.82) is 0 Å². The molecule has 1 N–H and O–H groups in total. The van der Waals surface area contributed by atoms with Gasteiger partial charge in [-0.05, 0) is 19.8 Å². The highest BCUT2D eigenvalue weighted by Crippen LogP contribution is 2.35. The summed E-state index contributed by atoms with van der Waals surface area (Å²) >= 11 is 0. The van der Waals surface area contributed by atoms with E-state index < -0.39 is 17.3 Å². The maximum Gasteiger partial charge on any atom is 0.312 e. The van der Waals surface area contributed by atoms with Crippen molar-refractivity contribution in [3.63, 3.8) is 0 Å². The highest BCUT2D eigenvalue weighted by Gasteiger charge is 2.43. The molecule has 4 nitrogen and oxygen atoms in total. The van der Waals surface area contributed by atoms with Gasteiger partial charge >= 0.3 is 11.9 Å². The van der Waals surface area contributed by atoms with Crippen molar-refractivity contribution in [2.24, 2.45) is 11.3 Å². The lowest BCUT2D eigenvalue weighted by Gasteiger charge is -2.31. The predicted molar refractivity (Wildman–Crippen MR) is 70.3 cm³/mol. The Hall–Kier alpha value is -1.06. The van der Waals surface area contributed by atoms with E-state index in [1.54, 1.807) is 13.8 Å². The van der Waals surface area contributed by atoms with Crippen LogP contribution in [0.4, 0.5) is 0 Å². The largest absolute Gasteiger partial charge is 0.481 e. The first-order chi connectivity index (χ1) is 8.40. The van der Waals surface area contributed by atoms with Crippen LogP contribution in [-0.4, -0.2) is 23.7 Å². The second kappa shape index (κ2) is 8.11. The maximum atomic E-state index is 12.1. The van der Waals surface area contributed by atoms with Crippen LogP contribution in [0.3, 0.4) is 0 Å². The second-order valence-corrected chi connectivity index (χ2v) is 5.07. The first-order valence-electron chi connectivity index (χ1n) is 6.80. The molecule has 0 bridgehead atoms. The molecule has 2 atom stereocenters. The fourth-order valence-corrected chi connectivity index (χ4v) is 1.79. The monoisotopic (exact) mass is 258 g/mol. The van der Waals surface area contributed by atoms with Crippen LogP contribution in [0.2, 0.25) is 0 Å². The molecule has 4 heteroatoms. The molecule has 0 radical (unpaired) electrons. The third kappa shape index (κ3) is 4.67. The van der Waals surface area contributed by atoms with Crippen LogP contribution in [0.1, 0.15) is 59.8 Å². The Balaban J connectivity index is 4.73. The molecule has 18 heavy (non-hydrogen) atoms. The Kier molecular flexibility index (Phi) is 7.64. The lowest BCUT2D eigenvalue weighted by atomic mass is 9.74. The molecule has 2 unspecified atom stereocenters. The molecule has 0 aromatic rings. The summed E-state index contributed by atoms with van der Waals surface area (Å²) in [4.78, 5) is 23.2. The summed E-state index contributed by atoms with van der Waals surface area (Å²) in [6, 6.07) is 0. The first kappa shape index (κ1) is 16.9. The van der Waals surface area contributed by atoms with Crippen LogP contribution in [0.5, 0.6) is 0 Å². The molecular weight excluding hydrogens is 232 g/mol. The zero-order chi connectivity index (χ0) is 14.2. The van der Waals surface area contributed by atoms with Gasteiger partial charge in [0.15, 0.2) is 0 Å². The van der Waals surface area contributed by atoms with Gasteiger partial charge in [-0.15, -0.1) is 0 Å². The fraction of sp³-hybridized carbons (Fsp3) is 0.857. The van der Waals surface area contributed by atoms with Crippen LogP contribution in [-0.2, 0) is 14.3 Å². The summed E-state index contributed by atoms with van der Waals surface area (Å²) in [6.45, 7) is 7.70. The molecule has 0 spiro atoms. The van der Waals surface area contributed by atoms with Crippen LogP contribution in [0.15, 0.2) is 0 Å². The smallest absolute Gasteiger partial charge is 0.312 e. The normalized spacial score (nSPS) is 15.8. The number of rotatable bonds is 9. The van der Waals surface area contributed by atoms with Gasteiger partial charge in [0.2, 0.25) is 0 Å². The van der Waals surface area contributed by atoms with Gasteiger partial charge < -0.3 is 9.84 Å². The van der Waals surface area contributed by atoms with Gasteiger partial charge in [0.1, 0.15) is 0 Å². The summed E-state index contributed by atoms with van der Waals surface area (Å²) in [5.41, 5.74) is -0.921. The van der Waals surface area contributed by atoms with E-state index in [2.05, 4.69) is 0 Å². The van der Waals surface area contributed by atoms with Crippen LogP contribution >= 0.6 is 0 Å². The standard InChI is InChI=1S/C14H26O4/c1-5-7-9-14(4,11(3)12(15)16)13(17)18-10-8-6-2/h11H,5-10H2,1-4H3,(H,15,16). The number of hydrogen-bond donors (Lipinski definition) is 1. The van der Waals surface area contributed by atoms with E-state index in [4.69, 9.17) is 9.84 Å². The van der Waals surface area contributed by atoms with Gasteiger partial charge in [-0.2, -0.15) is 0 Å². The number of esters is 1. The fourth-order valence-electron chi connectivity index (χ4n) is 1.79. The Morgan fingerprint density at radius 2 is 1.78 bits per heavy atom. The predicted octanol–water partition coefficient (Wildman–Crippen LogP) is 3.25. The Morgan fingerprint density at radius 3 is 2.22 bits per heavy atom. The lowest BCUT2D eigenvalue weighted by molar-refractivity contribution is -0.166. The van der Waals surface area contributed by atoms with E-state index >= 15 is 0 Å². The molecule has 0 saturated carbocycles. The van der Waals surface area contributed by atoms with Gasteiger partial charge in [-0.25, -0.2) is 0 Å². The third-order valence-corrected chi connectivity index (χ3v) is 3.57. The minimum Gasteiger partial charge on any atom is -0.481 e. The van der Waals surface area contributed by atoms with E-state index in [0.29, 0.717) is 13.0 Å². The number of carbonyl (C=O) groups excluding carboxylic acids is 1. The average molecular weight is 258 g/mol. The first-order valence-corrected chi connectivity index (χ1v) is 6.80. The van der Waals surface area contributed by atoms with Crippen molar-refractivity contribution in [3.8, 4) is 0 Å². The topological polar surface area (TPSA) is 63.6 Å². The van der Waals surface area contributed by atoms with Crippen molar-refractivity contribution in [1.82, 2.24) is 0 Å². The van der Waals surface area contributed by atoms with Gasteiger partial charge in [0.25, 0.3) is 0 Å². The maximum absolute atomic E-state index is 12.1. The summed E-state index contributed by atoms with van der Waals surface area (Å²) in [7, 11) is 0. The van der Waals surface area contributed by atoms with E-state index in [9.17, 15) is 9.59 Å². The average Bonchev–Trinajstić information content (AvgIpc) is 2.34. The molecular formula is C14H26O4. The molecule has 0 aliphatic heterocycles. The molecule has 0 aliphatic carbocycles. The summed E-state index contributed by atoms with van der Waals surface area (Å²) in [6.07, 6.45) is 4.09. The molecule has 0 heterocycles. The Morgan fingerprint density at radius 1 is 1.22 bits per heavy atom. The van der Waals surface area contributed by atoms with E-state index in [0.717, 1.165) is 25.7 Å². The van der Waals surface area contributed by atoms with E-state index in [1.807, 2.05) is 13.8 Å². The van der Waals surface area contributed by atoms with Crippen molar-refractivity contribution in [3.05, 3.63) is 0 Å². The molecule has 0 rings (SSSR count). The van der Waals surface area contributed by atoms with Crippen molar-refractivity contribution in [2.45, 2.75) is 59.8 Å². The van der Waals surface area contributed by atoms with Gasteiger partial charge in [0, 0.05) is 0 Å². The highest BCUT2D eigenvalue weighted by molar-refractivity contribution is 5.84. The zero-order valence-corrected chi connectivity index (χ0v) is 12.0. The number of unbranched alkanes of at least 4 members (excludes halogenated alkanes) is 2. The summed E-state index contributed by atoms with van der Waals surface area (Å²) in [5, 5.41) is 9.13. The zero-order valence-electron chi connectivity index (χ0n) is 12.0. The molecule has 106 valence electrons. The van der Waals surface area contributed by atoms with E-state index in [1.165, 1.54) is 0 Å². The third-order valence-electron chi connectivity index (χ3n) is 3.57. The van der Waals surface area contributed by atoms with Gasteiger partial charge in [0.05, 0.1) is 17.9 Å². The number of carboxylic acid groups (broad SMARTS) is 1. The molecule has 0 fully saturated rings. The van der Waals surface area contributed by atoms with Gasteiger partial charge in [-0.1, -0.05) is 40.0 Å². The molecule has 0 aromatic carbocycles. The minimum absolute atomic E-state index is 0.376. The number of carbonyl (C=O) groups is 2. The summed E-state index contributed by atoms with van der Waals surface area (Å²) in [5.74, 6) is -2.04. The van der Waals surface area contributed by atoms with Crippen molar-refractivity contribution < 1.29 is 19.4 Å². The van der Waals surface area contributed by atoms with Crippen LogP contribution in [0.25, 0.3) is 0 Å².